The first-order valence-electron chi connectivity index (χ1n) is 21.1. The Morgan fingerprint density at radius 1 is 0.418 bits per heavy atom. The van der Waals surface area contributed by atoms with Crippen LogP contribution in [0.25, 0.3) is 0 Å². The summed E-state index contributed by atoms with van der Waals surface area (Å²) in [5.41, 5.74) is 7.61. The summed E-state index contributed by atoms with van der Waals surface area (Å²) in [6.45, 7) is 5.45. The number of hydrogen-bond acceptors (Lipinski definition) is 16. The van der Waals surface area contributed by atoms with Gasteiger partial charge in [0.2, 0.25) is 0 Å². The average Bonchev–Trinajstić information content (AvgIpc) is 3.28. The fourth-order valence-corrected chi connectivity index (χ4v) is 8.01. The Balaban J connectivity index is 1.81. The van der Waals surface area contributed by atoms with Crippen molar-refractivity contribution >= 4 is 41.4 Å². The van der Waals surface area contributed by atoms with E-state index in [0.29, 0.717) is 89.8 Å². The quantitative estimate of drug-likeness (QED) is 0.0387. The van der Waals surface area contributed by atoms with Crippen LogP contribution in [0.1, 0.15) is 99.9 Å². The second-order valence-electron chi connectivity index (χ2n) is 15.8. The molecule has 0 atom stereocenters. The average molecular weight is 923 g/mol. The summed E-state index contributed by atoms with van der Waals surface area (Å²) in [4.78, 5) is 85.7. The molecule has 0 saturated heterocycles. The molecule has 8 bridgehead atoms. The minimum absolute atomic E-state index is 0.108. The smallest absolute Gasteiger partial charge is 0.330 e. The minimum atomic E-state index is -0.789. The van der Waals surface area contributed by atoms with Crippen LogP contribution in [0.3, 0.4) is 0 Å². The molecule has 0 spiro atoms. The predicted octanol–water partition coefficient (Wildman–Crippen LogP) is 6.28. The molecule has 1 aliphatic rings. The van der Waals surface area contributed by atoms with Gasteiger partial charge in [-0.25, -0.2) is 4.79 Å². The van der Waals surface area contributed by atoms with Gasteiger partial charge in [-0.1, -0.05) is 6.58 Å². The summed E-state index contributed by atoms with van der Waals surface area (Å²) in [7, 11) is 7.32. The number of Topliss-reactive ketones (excluding diaryl/α,β-unsaturated/α-hetero) is 2. The van der Waals surface area contributed by atoms with Gasteiger partial charge in [-0.15, -0.1) is 0 Å². The van der Waals surface area contributed by atoms with Crippen LogP contribution < -0.4 is 18.9 Å². The first-order valence-corrected chi connectivity index (χ1v) is 21.1. The van der Waals surface area contributed by atoms with Gasteiger partial charge in [0.25, 0.3) is 0 Å². The molecular weight excluding hydrogens is 869 g/mol. The zero-order chi connectivity index (χ0) is 48.8. The topological polar surface area (TPSA) is 203 Å². The number of carbonyl (C=O) groups is 7. The van der Waals surface area contributed by atoms with E-state index in [1.165, 1.54) is 42.3 Å². The molecule has 1 aliphatic carbocycles. The number of carbonyl (C=O) groups excluding carboxylic acids is 7. The van der Waals surface area contributed by atoms with Gasteiger partial charge in [0, 0.05) is 31.8 Å². The van der Waals surface area contributed by atoms with Gasteiger partial charge in [0.05, 0.1) is 35.5 Å². The van der Waals surface area contributed by atoms with Crippen LogP contribution >= 0.6 is 0 Å². The van der Waals surface area contributed by atoms with E-state index >= 15 is 0 Å². The van der Waals surface area contributed by atoms with Gasteiger partial charge in [-0.2, -0.15) is 0 Å². The first-order chi connectivity index (χ1) is 32.1. The summed E-state index contributed by atoms with van der Waals surface area (Å²) in [6, 6.07) is 14.7. The molecule has 0 unspecified atom stereocenters. The largest absolute Gasteiger partial charge is 0.496 e. The summed E-state index contributed by atoms with van der Waals surface area (Å²) in [5, 5.41) is 0. The Kier molecular flexibility index (Phi) is 17.8. The van der Waals surface area contributed by atoms with Crippen molar-refractivity contribution in [3.05, 3.63) is 128 Å². The monoisotopic (exact) mass is 922 g/mol. The molecule has 0 fully saturated rings. The van der Waals surface area contributed by atoms with Crippen LogP contribution in [-0.2, 0) is 109 Å². The molecule has 0 radical (unpaired) electrons. The molecule has 5 rings (SSSR count). The number of esters is 5. The molecule has 0 heterocycles. The zero-order valence-electron chi connectivity index (χ0n) is 38.7. The first kappa shape index (κ1) is 50.5. The van der Waals surface area contributed by atoms with Crippen LogP contribution in [0.15, 0.2) is 61.2 Å². The Bertz CT molecular complexity index is 2570. The van der Waals surface area contributed by atoms with Gasteiger partial charge in [-0.3, -0.25) is 28.8 Å². The normalized spacial score (nSPS) is 11.6. The standard InChI is InChI=1S/C51H54O16/c1-9-43(54)64-25-31-12-35-20-37-14-32(26-65-45(56)10-29(2)52)15-38(49(37)61-6)22-39-16-33(27-66-46(57)11-30(3)53)17-40(50(39)62-7)23-42-19-34(28-67-47(58)24-44(55)59-4)18-41(51(42)63-8)21-36(13-31)48(35)60-5/h9,12-19H,1,10-11,20-28H2,2-8H3. The van der Waals surface area contributed by atoms with Gasteiger partial charge in [-0.05, 0) is 129 Å². The maximum absolute atomic E-state index is 12.7. The molecule has 4 aromatic carbocycles. The second-order valence-corrected chi connectivity index (χ2v) is 15.8. The summed E-state index contributed by atoms with van der Waals surface area (Å²) >= 11 is 0. The lowest BCUT2D eigenvalue weighted by Gasteiger charge is -2.23. The van der Waals surface area contributed by atoms with Crippen LogP contribution in [0.2, 0.25) is 0 Å². The van der Waals surface area contributed by atoms with Crippen molar-refractivity contribution in [2.75, 3.05) is 35.5 Å². The molecule has 4 aromatic rings. The third-order valence-electron chi connectivity index (χ3n) is 10.6. The highest BCUT2D eigenvalue weighted by molar-refractivity contribution is 5.94. The van der Waals surface area contributed by atoms with Crippen molar-refractivity contribution in [3.8, 4) is 23.0 Å². The van der Waals surface area contributed by atoms with E-state index in [2.05, 4.69) is 11.3 Å². The van der Waals surface area contributed by atoms with Crippen molar-refractivity contribution in [3.63, 3.8) is 0 Å². The van der Waals surface area contributed by atoms with Crippen molar-refractivity contribution in [2.45, 2.75) is 85.2 Å². The lowest BCUT2D eigenvalue weighted by Crippen LogP contribution is -2.13. The van der Waals surface area contributed by atoms with Crippen molar-refractivity contribution in [1.29, 1.82) is 0 Å². The van der Waals surface area contributed by atoms with E-state index in [1.54, 1.807) is 7.11 Å². The van der Waals surface area contributed by atoms with Crippen molar-refractivity contribution < 1.29 is 76.2 Å². The number of ether oxygens (including phenoxy) is 9. The number of fused-ring (bicyclic) bond motifs is 8. The number of benzene rings is 4. The summed E-state index contributed by atoms with van der Waals surface area (Å²) in [5.74, 6) is -2.26. The minimum Gasteiger partial charge on any atom is -0.496 e. The van der Waals surface area contributed by atoms with E-state index in [-0.39, 0.29) is 63.7 Å². The molecule has 0 N–H and O–H groups in total. The van der Waals surface area contributed by atoms with Crippen LogP contribution in [-0.4, -0.2) is 77.0 Å². The highest BCUT2D eigenvalue weighted by Gasteiger charge is 2.25. The van der Waals surface area contributed by atoms with E-state index in [1.807, 2.05) is 48.5 Å². The highest BCUT2D eigenvalue weighted by Crippen LogP contribution is 2.41. The molecule has 16 nitrogen and oxygen atoms in total. The van der Waals surface area contributed by atoms with Crippen LogP contribution in [0.4, 0.5) is 0 Å². The highest BCUT2D eigenvalue weighted by atomic mass is 16.6. The van der Waals surface area contributed by atoms with E-state index in [9.17, 15) is 33.6 Å². The van der Waals surface area contributed by atoms with Gasteiger partial charge in [0.15, 0.2) is 0 Å². The van der Waals surface area contributed by atoms with Crippen molar-refractivity contribution in [1.82, 2.24) is 0 Å². The molecule has 354 valence electrons. The number of rotatable bonds is 19. The zero-order valence-corrected chi connectivity index (χ0v) is 38.7. The van der Waals surface area contributed by atoms with Gasteiger partial charge in [0.1, 0.15) is 80.3 Å². The third-order valence-corrected chi connectivity index (χ3v) is 10.6. The van der Waals surface area contributed by atoms with Crippen molar-refractivity contribution in [2.24, 2.45) is 0 Å². The Morgan fingerprint density at radius 2 is 0.672 bits per heavy atom. The second kappa shape index (κ2) is 23.6. The number of methoxy groups -OCH3 is 5. The van der Waals surface area contributed by atoms with E-state index < -0.39 is 49.1 Å². The molecule has 0 aromatic heterocycles. The summed E-state index contributed by atoms with van der Waals surface area (Å²) in [6.07, 6.45) is 0.415. The predicted molar refractivity (Wildman–Crippen MR) is 240 cm³/mol. The molecule has 0 aliphatic heterocycles. The lowest BCUT2D eigenvalue weighted by atomic mass is 9.88. The molecule has 16 heteroatoms. The van der Waals surface area contributed by atoms with E-state index in [4.69, 9.17) is 37.9 Å². The molecular formula is C51H54O16. The number of ketones is 2. The fraction of sp³-hybridized carbons (Fsp3) is 0.353. The number of hydrogen-bond donors (Lipinski definition) is 0. The van der Waals surface area contributed by atoms with E-state index in [0.717, 1.165) is 6.08 Å². The summed E-state index contributed by atoms with van der Waals surface area (Å²) < 4.78 is 51.5. The lowest BCUT2D eigenvalue weighted by molar-refractivity contribution is -0.154. The third kappa shape index (κ3) is 13.8. The van der Waals surface area contributed by atoms with Gasteiger partial charge < -0.3 is 42.6 Å². The Morgan fingerprint density at radius 3 is 0.896 bits per heavy atom. The van der Waals surface area contributed by atoms with Crippen LogP contribution in [0, 0.1) is 0 Å². The van der Waals surface area contributed by atoms with Crippen LogP contribution in [0.5, 0.6) is 23.0 Å². The molecule has 67 heavy (non-hydrogen) atoms. The molecule has 0 amide bonds. The maximum atomic E-state index is 12.7. The Labute approximate surface area is 388 Å². The maximum Gasteiger partial charge on any atom is 0.330 e. The Hall–Kier alpha value is -7.49. The SMILES string of the molecule is C=CC(=O)OCc1cc2c(OC)c(c1)Cc1cc(COC(=O)CC(=O)OC)cc(c1OC)Cc1cc(COC(=O)CC(C)=O)cc(c1OC)Cc1cc(COC(=O)CC(C)=O)cc(c1OC)C2. The van der Waals surface area contributed by atoms with Gasteiger partial charge >= 0.3 is 29.8 Å². The fourth-order valence-electron chi connectivity index (χ4n) is 8.01. The molecule has 0 saturated carbocycles.